The third-order valence-electron chi connectivity index (χ3n) is 1.76. The number of unbranched alkanes of at least 4 members (excludes halogenated alkanes) is 1. The van der Waals surface area contributed by atoms with Crippen LogP contribution >= 0.6 is 43.5 Å². The zero-order valence-corrected chi connectivity index (χ0v) is 11.6. The van der Waals surface area contributed by atoms with Crippen LogP contribution in [-0.2, 0) is 0 Å². The third kappa shape index (κ3) is 5.21. The van der Waals surface area contributed by atoms with Gasteiger partial charge in [0.15, 0.2) is 0 Å². The quantitative estimate of drug-likeness (QED) is 0.570. The fourth-order valence-electron chi connectivity index (χ4n) is 0.922. The second-order valence-electron chi connectivity index (χ2n) is 3.15. The molecule has 0 rings (SSSR count). The average Bonchev–Trinajstić information content (AvgIpc) is 1.97. The molecular formula is C8H12Br2ClF3. The Morgan fingerprint density at radius 3 is 2.21 bits per heavy atom. The lowest BCUT2D eigenvalue weighted by molar-refractivity contribution is -0.00958. The van der Waals surface area contributed by atoms with Gasteiger partial charge in [-0.05, 0) is 22.4 Å². The van der Waals surface area contributed by atoms with Gasteiger partial charge in [0.1, 0.15) is 0 Å². The van der Waals surface area contributed by atoms with E-state index in [0.717, 1.165) is 12.8 Å². The Balaban J connectivity index is 4.08. The van der Waals surface area contributed by atoms with Crippen molar-refractivity contribution in [2.75, 3.05) is 0 Å². The highest BCUT2D eigenvalue weighted by molar-refractivity contribution is 9.10. The van der Waals surface area contributed by atoms with E-state index in [1.165, 1.54) is 0 Å². The molecule has 0 unspecified atom stereocenters. The first kappa shape index (κ1) is 15.0. The summed E-state index contributed by atoms with van der Waals surface area (Å²) in [5.74, 6) is 0. The Hall–Kier alpha value is 1.04. The van der Waals surface area contributed by atoms with Crippen LogP contribution in [0.2, 0.25) is 0 Å². The molecular weight excluding hydrogens is 348 g/mol. The molecule has 0 aliphatic rings. The summed E-state index contributed by atoms with van der Waals surface area (Å²) in [6.07, 6.45) is 2.01. The minimum Gasteiger partial charge on any atom is -0.218 e. The summed E-state index contributed by atoms with van der Waals surface area (Å²) in [5, 5.41) is -3.03. The van der Waals surface area contributed by atoms with Crippen molar-refractivity contribution in [3.05, 3.63) is 0 Å². The molecule has 0 N–H and O–H groups in total. The maximum Gasteiger partial charge on any atom is 0.348 e. The standard InChI is InChI=1S/C8H12Br2ClF3/c1-2-3-4-6(9)5-7(11,12)8(10,13)14/h6H,2-5H2,1H3/t6-,7+/m1/s1. The molecule has 0 aromatic rings. The molecule has 0 heterocycles. The second-order valence-corrected chi connectivity index (χ2v) is 6.04. The predicted octanol–water partition coefficient (Wildman–Crippen LogP) is 5.22. The van der Waals surface area contributed by atoms with E-state index in [1.807, 2.05) is 22.9 Å². The Morgan fingerprint density at radius 2 is 1.86 bits per heavy atom. The summed E-state index contributed by atoms with van der Waals surface area (Å²) in [5.41, 5.74) is 0. The number of alkyl halides is 6. The molecule has 2 atom stereocenters. The summed E-state index contributed by atoms with van der Waals surface area (Å²) in [6.45, 7) is 1.97. The Labute approximate surface area is 104 Å². The molecule has 6 heteroatoms. The van der Waals surface area contributed by atoms with Gasteiger partial charge in [-0.25, -0.2) is 4.39 Å². The molecule has 0 saturated carbocycles. The van der Waals surface area contributed by atoms with E-state index < -0.39 is 16.4 Å². The summed E-state index contributed by atoms with van der Waals surface area (Å²) in [4.78, 5) is -4.02. The van der Waals surface area contributed by atoms with Gasteiger partial charge in [-0.1, -0.05) is 47.3 Å². The van der Waals surface area contributed by atoms with Gasteiger partial charge in [0.2, 0.25) is 0 Å². The van der Waals surface area contributed by atoms with Crippen LogP contribution < -0.4 is 0 Å². The zero-order valence-electron chi connectivity index (χ0n) is 7.67. The molecule has 0 fully saturated rings. The number of hydrogen-bond donors (Lipinski definition) is 0. The molecule has 14 heavy (non-hydrogen) atoms. The summed E-state index contributed by atoms with van der Waals surface area (Å²) in [7, 11) is 0. The Morgan fingerprint density at radius 1 is 1.36 bits per heavy atom. The largest absolute Gasteiger partial charge is 0.348 e. The highest BCUT2D eigenvalue weighted by Gasteiger charge is 2.52. The van der Waals surface area contributed by atoms with Crippen LogP contribution in [0.4, 0.5) is 13.2 Å². The molecule has 86 valence electrons. The topological polar surface area (TPSA) is 0 Å². The average molecular weight is 360 g/mol. The van der Waals surface area contributed by atoms with Crippen LogP contribution in [0, 0.1) is 0 Å². The van der Waals surface area contributed by atoms with Gasteiger partial charge in [-0.2, -0.15) is 8.78 Å². The molecule has 0 amide bonds. The first-order valence-electron chi connectivity index (χ1n) is 4.29. The van der Waals surface area contributed by atoms with Crippen molar-refractivity contribution < 1.29 is 13.2 Å². The van der Waals surface area contributed by atoms with Crippen LogP contribution in [0.1, 0.15) is 32.6 Å². The number of rotatable bonds is 6. The van der Waals surface area contributed by atoms with Crippen molar-refractivity contribution >= 4 is 43.5 Å². The Bertz CT molecular complexity index is 170. The zero-order chi connectivity index (χ0) is 11.4. The second kappa shape index (κ2) is 5.94. The molecule has 0 nitrogen and oxygen atoms in total. The minimum absolute atomic E-state index is 0.326. The smallest absolute Gasteiger partial charge is 0.218 e. The summed E-state index contributed by atoms with van der Waals surface area (Å²) in [6, 6.07) is 0. The van der Waals surface area contributed by atoms with Crippen LogP contribution in [0.25, 0.3) is 0 Å². The fourth-order valence-corrected chi connectivity index (χ4v) is 2.23. The number of halogens is 6. The minimum atomic E-state index is -3.69. The van der Waals surface area contributed by atoms with Gasteiger partial charge in [0.05, 0.1) is 0 Å². The van der Waals surface area contributed by atoms with Crippen LogP contribution in [0.15, 0.2) is 0 Å². The molecule has 0 radical (unpaired) electrons. The normalized spacial score (nSPS) is 19.1. The van der Waals surface area contributed by atoms with E-state index in [-0.39, 0.29) is 4.83 Å². The van der Waals surface area contributed by atoms with Crippen LogP contribution in [0.5, 0.6) is 0 Å². The van der Waals surface area contributed by atoms with Crippen molar-refractivity contribution in [2.24, 2.45) is 0 Å². The molecule has 0 aliphatic heterocycles. The lowest BCUT2D eigenvalue weighted by atomic mass is 10.1. The Kier molecular flexibility index (Phi) is 6.39. The van der Waals surface area contributed by atoms with Crippen molar-refractivity contribution in [2.45, 2.75) is 47.4 Å². The van der Waals surface area contributed by atoms with E-state index in [9.17, 15) is 13.2 Å². The molecule has 0 aromatic carbocycles. The molecule has 0 aromatic heterocycles. The van der Waals surface area contributed by atoms with Crippen molar-refractivity contribution in [1.82, 2.24) is 0 Å². The van der Waals surface area contributed by atoms with Gasteiger partial charge < -0.3 is 0 Å². The molecule has 0 bridgehead atoms. The third-order valence-corrected chi connectivity index (χ3v) is 3.79. The SMILES string of the molecule is CCCC[C@@H](Br)C[C@@](F)(Cl)C(F)(F)Br. The highest BCUT2D eigenvalue weighted by atomic mass is 79.9. The summed E-state index contributed by atoms with van der Waals surface area (Å²) >= 11 is 10.2. The van der Waals surface area contributed by atoms with E-state index in [4.69, 9.17) is 11.6 Å². The van der Waals surface area contributed by atoms with E-state index >= 15 is 0 Å². The van der Waals surface area contributed by atoms with Gasteiger partial charge in [-0.3, -0.25) is 0 Å². The van der Waals surface area contributed by atoms with Gasteiger partial charge in [-0.15, -0.1) is 0 Å². The maximum atomic E-state index is 13.2. The molecule has 0 spiro atoms. The first-order valence-corrected chi connectivity index (χ1v) is 6.38. The van der Waals surface area contributed by atoms with E-state index in [0.29, 0.717) is 6.42 Å². The van der Waals surface area contributed by atoms with Crippen LogP contribution in [-0.4, -0.2) is 14.8 Å². The van der Waals surface area contributed by atoms with Gasteiger partial charge >= 0.3 is 4.83 Å². The summed E-state index contributed by atoms with van der Waals surface area (Å²) < 4.78 is 38.4. The molecule has 0 aliphatic carbocycles. The van der Waals surface area contributed by atoms with E-state index in [2.05, 4.69) is 15.9 Å². The molecule has 0 saturated heterocycles. The fraction of sp³-hybridized carbons (Fsp3) is 1.00. The van der Waals surface area contributed by atoms with Crippen molar-refractivity contribution in [3.8, 4) is 0 Å². The maximum absolute atomic E-state index is 13.2. The van der Waals surface area contributed by atoms with Crippen molar-refractivity contribution in [3.63, 3.8) is 0 Å². The first-order chi connectivity index (χ1) is 6.20. The number of hydrogen-bond acceptors (Lipinski definition) is 0. The van der Waals surface area contributed by atoms with Crippen molar-refractivity contribution in [1.29, 1.82) is 0 Å². The van der Waals surface area contributed by atoms with Crippen LogP contribution in [0.3, 0.4) is 0 Å². The lowest BCUT2D eigenvalue weighted by Crippen LogP contribution is -2.36. The van der Waals surface area contributed by atoms with Gasteiger partial charge in [0, 0.05) is 11.2 Å². The van der Waals surface area contributed by atoms with Gasteiger partial charge in [0.25, 0.3) is 5.13 Å². The monoisotopic (exact) mass is 358 g/mol. The van der Waals surface area contributed by atoms with E-state index in [1.54, 1.807) is 0 Å². The predicted molar refractivity (Wildman–Crippen MR) is 60.4 cm³/mol. The lowest BCUT2D eigenvalue weighted by Gasteiger charge is -2.25. The highest BCUT2D eigenvalue weighted by Crippen LogP contribution is 2.45.